The number of carbonyl (C=O) groups excluding carboxylic acids is 2. The lowest BCUT2D eigenvalue weighted by molar-refractivity contribution is -0.137. The highest BCUT2D eigenvalue weighted by Crippen LogP contribution is 2.22. The van der Waals surface area contributed by atoms with Crippen LogP contribution in [-0.4, -0.2) is 44.2 Å². The molecule has 32 heavy (non-hydrogen) atoms. The normalized spacial score (nSPS) is 10.8. The van der Waals surface area contributed by atoms with Gasteiger partial charge in [0.15, 0.2) is 10.8 Å². The summed E-state index contributed by atoms with van der Waals surface area (Å²) in [5, 5.41) is 16.2. The first kappa shape index (κ1) is 25.6. The Bertz CT molecular complexity index is 899. The number of nitrogens with one attached hydrogen (secondary N) is 1. The standard InChI is InChI=1S/C23H30FN3O4S/c1-17(28)32-15-7-3-2-5-13-25-23(31)20-16-21(18-9-11-19(24)12-10-18)27(26-20)14-6-4-8-22(29)30/h9-12,16H,2-8,13-15H2,1H3,(H,25,31)(H,29,30). The first-order valence-electron chi connectivity index (χ1n) is 10.8. The number of halogens is 1. The molecular weight excluding hydrogens is 433 g/mol. The fourth-order valence-corrected chi connectivity index (χ4v) is 3.81. The largest absolute Gasteiger partial charge is 0.481 e. The third-order valence-corrected chi connectivity index (χ3v) is 5.72. The third-order valence-electron chi connectivity index (χ3n) is 4.83. The number of aryl methyl sites for hydroxylation is 1. The van der Waals surface area contributed by atoms with Gasteiger partial charge in [-0.2, -0.15) is 5.10 Å². The zero-order valence-electron chi connectivity index (χ0n) is 18.3. The summed E-state index contributed by atoms with van der Waals surface area (Å²) in [6.45, 7) is 2.57. The third kappa shape index (κ3) is 9.21. The molecule has 2 N–H and O–H groups in total. The van der Waals surface area contributed by atoms with Crippen molar-refractivity contribution in [2.45, 2.75) is 58.4 Å². The predicted molar refractivity (Wildman–Crippen MR) is 123 cm³/mol. The smallest absolute Gasteiger partial charge is 0.303 e. The maximum atomic E-state index is 13.3. The molecule has 0 unspecified atom stereocenters. The van der Waals surface area contributed by atoms with Crippen LogP contribution in [-0.2, 0) is 16.1 Å². The van der Waals surface area contributed by atoms with Crippen LogP contribution < -0.4 is 5.32 Å². The number of nitrogens with zero attached hydrogens (tertiary/aromatic N) is 2. The zero-order chi connectivity index (χ0) is 23.3. The van der Waals surface area contributed by atoms with Gasteiger partial charge in [0.25, 0.3) is 5.91 Å². The van der Waals surface area contributed by atoms with Gasteiger partial charge in [-0.1, -0.05) is 24.6 Å². The topological polar surface area (TPSA) is 101 Å². The van der Waals surface area contributed by atoms with Crippen molar-refractivity contribution in [3.63, 3.8) is 0 Å². The second kappa shape index (κ2) is 13.7. The highest BCUT2D eigenvalue weighted by Gasteiger charge is 2.15. The lowest BCUT2D eigenvalue weighted by Crippen LogP contribution is -2.25. The maximum Gasteiger partial charge on any atom is 0.303 e. The minimum Gasteiger partial charge on any atom is -0.481 e. The van der Waals surface area contributed by atoms with Crippen LogP contribution in [0.1, 0.15) is 62.4 Å². The van der Waals surface area contributed by atoms with E-state index < -0.39 is 5.97 Å². The monoisotopic (exact) mass is 463 g/mol. The van der Waals surface area contributed by atoms with Gasteiger partial charge in [0.2, 0.25) is 0 Å². The van der Waals surface area contributed by atoms with Crippen molar-refractivity contribution in [1.29, 1.82) is 0 Å². The van der Waals surface area contributed by atoms with Crippen molar-refractivity contribution in [3.8, 4) is 11.3 Å². The number of carbonyl (C=O) groups is 3. The van der Waals surface area contributed by atoms with E-state index in [1.54, 1.807) is 29.8 Å². The van der Waals surface area contributed by atoms with Crippen LogP contribution in [0.5, 0.6) is 0 Å². The minimum atomic E-state index is -0.845. The van der Waals surface area contributed by atoms with Crippen molar-refractivity contribution in [2.75, 3.05) is 12.3 Å². The summed E-state index contributed by atoms with van der Waals surface area (Å²) >= 11 is 1.34. The number of aliphatic carboxylic acids is 1. The van der Waals surface area contributed by atoms with Gasteiger partial charge in [0.1, 0.15) is 5.82 Å². The van der Waals surface area contributed by atoms with Crippen LogP contribution in [0.25, 0.3) is 11.3 Å². The first-order valence-corrected chi connectivity index (χ1v) is 11.8. The Morgan fingerprint density at radius 3 is 2.47 bits per heavy atom. The Hall–Kier alpha value is -2.68. The van der Waals surface area contributed by atoms with Crippen molar-refractivity contribution in [2.24, 2.45) is 0 Å². The van der Waals surface area contributed by atoms with Gasteiger partial charge in [-0.3, -0.25) is 19.1 Å². The number of thioether (sulfide) groups is 1. The van der Waals surface area contributed by atoms with E-state index in [4.69, 9.17) is 5.11 Å². The second-order valence-electron chi connectivity index (χ2n) is 7.51. The van der Waals surface area contributed by atoms with Crippen LogP contribution in [0, 0.1) is 5.82 Å². The molecule has 0 atom stereocenters. The van der Waals surface area contributed by atoms with Crippen LogP contribution in [0.3, 0.4) is 0 Å². The Kier molecular flexibility index (Phi) is 10.9. The summed E-state index contributed by atoms with van der Waals surface area (Å²) < 4.78 is 15.0. The molecule has 1 amide bonds. The summed E-state index contributed by atoms with van der Waals surface area (Å²) in [5.74, 6) is -0.636. The maximum absolute atomic E-state index is 13.3. The van der Waals surface area contributed by atoms with Gasteiger partial charge in [-0.15, -0.1) is 0 Å². The summed E-state index contributed by atoms with van der Waals surface area (Å²) in [6.07, 6.45) is 4.99. The average Bonchev–Trinajstić information content (AvgIpc) is 3.17. The Morgan fingerprint density at radius 1 is 1.06 bits per heavy atom. The molecule has 0 aliphatic carbocycles. The van der Waals surface area contributed by atoms with Gasteiger partial charge in [-0.25, -0.2) is 4.39 Å². The summed E-state index contributed by atoms with van der Waals surface area (Å²) in [4.78, 5) is 34.2. The van der Waals surface area contributed by atoms with E-state index in [1.165, 1.54) is 23.9 Å². The Labute approximate surface area is 191 Å². The highest BCUT2D eigenvalue weighted by atomic mass is 32.2. The van der Waals surface area contributed by atoms with Crippen molar-refractivity contribution < 1.29 is 23.9 Å². The lowest BCUT2D eigenvalue weighted by atomic mass is 10.1. The van der Waals surface area contributed by atoms with E-state index in [0.29, 0.717) is 31.6 Å². The van der Waals surface area contributed by atoms with Crippen LogP contribution >= 0.6 is 11.8 Å². The molecule has 2 rings (SSSR count). The number of aromatic nitrogens is 2. The zero-order valence-corrected chi connectivity index (χ0v) is 19.1. The highest BCUT2D eigenvalue weighted by molar-refractivity contribution is 8.13. The molecule has 0 radical (unpaired) electrons. The molecule has 0 bridgehead atoms. The minimum absolute atomic E-state index is 0.0773. The number of carboxylic acids is 1. The number of hydrogen-bond acceptors (Lipinski definition) is 5. The molecule has 2 aromatic rings. The summed E-state index contributed by atoms with van der Waals surface area (Å²) in [5.41, 5.74) is 1.70. The molecule has 0 spiro atoms. The number of benzene rings is 1. The molecule has 0 fully saturated rings. The Balaban J connectivity index is 1.91. The number of hydrogen-bond donors (Lipinski definition) is 2. The quantitative estimate of drug-likeness (QED) is 0.400. The molecule has 174 valence electrons. The SMILES string of the molecule is CC(=O)SCCCCCCNC(=O)c1cc(-c2ccc(F)cc2)n(CCCCC(=O)O)n1. The fourth-order valence-electron chi connectivity index (χ4n) is 3.18. The molecule has 1 heterocycles. The molecule has 0 saturated carbocycles. The van der Waals surface area contributed by atoms with Crippen molar-refractivity contribution in [1.82, 2.24) is 15.1 Å². The van der Waals surface area contributed by atoms with Gasteiger partial charge >= 0.3 is 5.97 Å². The molecule has 0 aliphatic heterocycles. The average molecular weight is 464 g/mol. The van der Waals surface area contributed by atoms with E-state index in [0.717, 1.165) is 37.0 Å². The van der Waals surface area contributed by atoms with Crippen LogP contribution in [0.15, 0.2) is 30.3 Å². The summed E-state index contributed by atoms with van der Waals surface area (Å²) in [6, 6.07) is 7.65. The number of amides is 1. The first-order chi connectivity index (χ1) is 15.4. The summed E-state index contributed by atoms with van der Waals surface area (Å²) in [7, 11) is 0. The van der Waals surface area contributed by atoms with Crippen molar-refractivity contribution >= 4 is 28.8 Å². The molecule has 1 aromatic heterocycles. The predicted octanol–water partition coefficient (Wildman–Crippen LogP) is 4.51. The van der Waals surface area contributed by atoms with Gasteiger partial charge in [-0.05, 0) is 56.0 Å². The second-order valence-corrected chi connectivity index (χ2v) is 8.78. The lowest BCUT2D eigenvalue weighted by Gasteiger charge is -2.07. The van der Waals surface area contributed by atoms with E-state index in [9.17, 15) is 18.8 Å². The molecule has 7 nitrogen and oxygen atoms in total. The molecule has 0 saturated heterocycles. The molecule has 1 aromatic carbocycles. The number of carboxylic acid groups (broad SMARTS) is 1. The van der Waals surface area contributed by atoms with Gasteiger partial charge in [0.05, 0.1) is 5.69 Å². The van der Waals surface area contributed by atoms with E-state index in [2.05, 4.69) is 10.4 Å². The van der Waals surface area contributed by atoms with E-state index in [-0.39, 0.29) is 29.0 Å². The van der Waals surface area contributed by atoms with Crippen molar-refractivity contribution in [3.05, 3.63) is 41.8 Å². The Morgan fingerprint density at radius 2 is 1.78 bits per heavy atom. The molecule has 9 heteroatoms. The van der Waals surface area contributed by atoms with E-state index >= 15 is 0 Å². The van der Waals surface area contributed by atoms with Crippen LogP contribution in [0.4, 0.5) is 4.39 Å². The number of unbranched alkanes of at least 4 members (excludes halogenated alkanes) is 4. The van der Waals surface area contributed by atoms with Gasteiger partial charge in [0, 0.05) is 37.8 Å². The molecule has 0 aliphatic rings. The number of rotatable bonds is 14. The fraction of sp³-hybridized carbons (Fsp3) is 0.478. The molecular formula is C23H30FN3O4S. The van der Waals surface area contributed by atoms with Crippen LogP contribution in [0.2, 0.25) is 0 Å². The van der Waals surface area contributed by atoms with E-state index in [1.807, 2.05) is 0 Å². The van der Waals surface area contributed by atoms with Gasteiger partial charge < -0.3 is 10.4 Å².